The van der Waals surface area contributed by atoms with Crippen LogP contribution in [0.2, 0.25) is 0 Å². The van der Waals surface area contributed by atoms with Gasteiger partial charge in [-0.3, -0.25) is 4.79 Å². The quantitative estimate of drug-likeness (QED) is 0.536. The number of nitriles is 1. The Labute approximate surface area is 181 Å². The van der Waals surface area contributed by atoms with Crippen LogP contribution in [0.5, 0.6) is 0 Å². The van der Waals surface area contributed by atoms with Gasteiger partial charge in [0.15, 0.2) is 0 Å². The molecule has 4 nitrogen and oxygen atoms in total. The Balaban J connectivity index is 0.00000300. The molecule has 0 aliphatic rings. The monoisotopic (exact) mass is 423 g/mol. The van der Waals surface area contributed by atoms with Crippen molar-refractivity contribution in [3.8, 4) is 6.07 Å². The van der Waals surface area contributed by atoms with Gasteiger partial charge in [0.05, 0.1) is 11.6 Å². The highest BCUT2D eigenvalue weighted by Gasteiger charge is 2.15. The predicted octanol–water partition coefficient (Wildman–Crippen LogP) is 4.78. The molecule has 0 aromatic heterocycles. The zero-order valence-corrected chi connectivity index (χ0v) is 17.4. The Bertz CT molecular complexity index is 974. The van der Waals surface area contributed by atoms with E-state index in [9.17, 15) is 10.1 Å². The van der Waals surface area contributed by atoms with Gasteiger partial charge in [0.1, 0.15) is 6.07 Å². The number of rotatable bonds is 7. The largest absolute Gasteiger partial charge is 0.325 e. The van der Waals surface area contributed by atoms with E-state index in [0.29, 0.717) is 17.7 Å². The molecule has 0 aliphatic heterocycles. The maximum atomic E-state index is 12.4. The van der Waals surface area contributed by atoms with Crippen LogP contribution in [-0.2, 0) is 17.0 Å². The molecule has 3 aromatic rings. The predicted molar refractivity (Wildman–Crippen MR) is 121 cm³/mol. The van der Waals surface area contributed by atoms with Gasteiger partial charge in [-0.15, -0.1) is 24.2 Å². The lowest BCUT2D eigenvalue weighted by Gasteiger charge is -2.13. The number of halogens is 1. The van der Waals surface area contributed by atoms with Gasteiger partial charge in [-0.1, -0.05) is 60.7 Å². The number of carbonyl (C=O) groups excluding carboxylic acids is 1. The molecule has 1 unspecified atom stereocenters. The van der Waals surface area contributed by atoms with E-state index < -0.39 is 6.04 Å². The normalized spacial score (nSPS) is 11.0. The van der Waals surface area contributed by atoms with E-state index in [1.807, 2.05) is 54.6 Å². The molecular formula is C23H22ClN3OS. The minimum Gasteiger partial charge on any atom is -0.325 e. The van der Waals surface area contributed by atoms with Gasteiger partial charge in [-0.05, 0) is 35.7 Å². The zero-order valence-electron chi connectivity index (χ0n) is 15.7. The summed E-state index contributed by atoms with van der Waals surface area (Å²) in [5.41, 5.74) is 9.35. The molecule has 0 aliphatic carbocycles. The standard InChI is InChI=1S/C23H21N3OS.ClH/c24-15-19-14-20(11-12-22(19)28-16-18-9-5-2-6-10-18)26-23(27)21(25)13-17-7-3-1-4-8-17;/h1-12,14,21H,13,16,25H2,(H,26,27);1H. The number of nitrogens with one attached hydrogen (secondary N) is 1. The Morgan fingerprint density at radius 1 is 1.00 bits per heavy atom. The molecule has 0 saturated heterocycles. The fraction of sp³-hybridized carbons (Fsp3) is 0.130. The molecule has 3 N–H and O–H groups in total. The van der Waals surface area contributed by atoms with Crippen molar-refractivity contribution in [2.75, 3.05) is 5.32 Å². The van der Waals surface area contributed by atoms with Crippen molar-refractivity contribution in [1.29, 1.82) is 5.26 Å². The first kappa shape index (κ1) is 22.5. The third kappa shape index (κ3) is 6.65. The summed E-state index contributed by atoms with van der Waals surface area (Å²) in [5.74, 6) is 0.515. The van der Waals surface area contributed by atoms with Crippen LogP contribution in [0.15, 0.2) is 83.8 Å². The van der Waals surface area contributed by atoms with E-state index in [2.05, 4.69) is 23.5 Å². The Kier molecular flexibility index (Phi) is 8.75. The minimum absolute atomic E-state index is 0. The SMILES string of the molecule is Cl.N#Cc1cc(NC(=O)C(N)Cc2ccccc2)ccc1SCc1ccccc1. The first-order valence-corrected chi connectivity index (χ1v) is 9.95. The van der Waals surface area contributed by atoms with Gasteiger partial charge in [0.2, 0.25) is 5.91 Å². The summed E-state index contributed by atoms with van der Waals surface area (Å²) < 4.78 is 0. The number of anilines is 1. The van der Waals surface area contributed by atoms with Crippen LogP contribution in [0, 0.1) is 11.3 Å². The third-order valence-corrected chi connectivity index (χ3v) is 5.38. The lowest BCUT2D eigenvalue weighted by Crippen LogP contribution is -2.37. The lowest BCUT2D eigenvalue weighted by molar-refractivity contribution is -0.117. The van der Waals surface area contributed by atoms with Crippen LogP contribution in [0.25, 0.3) is 0 Å². The molecule has 3 aromatic carbocycles. The van der Waals surface area contributed by atoms with Crippen LogP contribution >= 0.6 is 24.2 Å². The van der Waals surface area contributed by atoms with Crippen LogP contribution < -0.4 is 11.1 Å². The molecule has 0 bridgehead atoms. The fourth-order valence-corrected chi connectivity index (χ4v) is 3.69. The molecule has 6 heteroatoms. The highest BCUT2D eigenvalue weighted by atomic mass is 35.5. The highest BCUT2D eigenvalue weighted by molar-refractivity contribution is 7.98. The van der Waals surface area contributed by atoms with E-state index in [1.54, 1.807) is 23.9 Å². The number of thioether (sulfide) groups is 1. The summed E-state index contributed by atoms with van der Waals surface area (Å²) in [6, 6.07) is 26.7. The molecule has 3 rings (SSSR count). The van der Waals surface area contributed by atoms with Crippen molar-refractivity contribution >= 4 is 35.8 Å². The molecule has 0 saturated carbocycles. The molecule has 1 amide bonds. The summed E-state index contributed by atoms with van der Waals surface area (Å²) in [5, 5.41) is 12.3. The van der Waals surface area contributed by atoms with Crippen molar-refractivity contribution in [1.82, 2.24) is 0 Å². The van der Waals surface area contributed by atoms with Gasteiger partial charge in [0.25, 0.3) is 0 Å². The molecule has 29 heavy (non-hydrogen) atoms. The van der Waals surface area contributed by atoms with Crippen LogP contribution in [-0.4, -0.2) is 11.9 Å². The third-order valence-electron chi connectivity index (χ3n) is 4.24. The zero-order chi connectivity index (χ0) is 19.8. The van der Waals surface area contributed by atoms with E-state index in [1.165, 1.54) is 5.56 Å². The van der Waals surface area contributed by atoms with Gasteiger partial charge in [-0.25, -0.2) is 0 Å². The fourth-order valence-electron chi connectivity index (χ4n) is 2.75. The Morgan fingerprint density at radius 2 is 1.62 bits per heavy atom. The summed E-state index contributed by atoms with van der Waals surface area (Å²) in [6.45, 7) is 0. The van der Waals surface area contributed by atoms with E-state index in [0.717, 1.165) is 16.2 Å². The van der Waals surface area contributed by atoms with Gasteiger partial charge >= 0.3 is 0 Å². The van der Waals surface area contributed by atoms with E-state index in [4.69, 9.17) is 5.73 Å². The molecule has 0 spiro atoms. The van der Waals surface area contributed by atoms with Crippen molar-refractivity contribution in [2.24, 2.45) is 5.73 Å². The van der Waals surface area contributed by atoms with E-state index >= 15 is 0 Å². The molecule has 0 fully saturated rings. The lowest BCUT2D eigenvalue weighted by atomic mass is 10.1. The summed E-state index contributed by atoms with van der Waals surface area (Å²) in [4.78, 5) is 13.3. The number of carbonyl (C=O) groups is 1. The molecular weight excluding hydrogens is 402 g/mol. The van der Waals surface area contributed by atoms with Crippen LogP contribution in [0.1, 0.15) is 16.7 Å². The minimum atomic E-state index is -0.653. The number of amides is 1. The second-order valence-corrected chi connectivity index (χ2v) is 7.40. The molecule has 0 heterocycles. The number of nitrogens with two attached hydrogens (primary N) is 1. The maximum absolute atomic E-state index is 12.4. The van der Waals surface area contributed by atoms with Gasteiger partial charge in [0, 0.05) is 16.3 Å². The second kappa shape index (κ2) is 11.3. The van der Waals surface area contributed by atoms with Crippen molar-refractivity contribution in [3.63, 3.8) is 0 Å². The van der Waals surface area contributed by atoms with Gasteiger partial charge in [-0.2, -0.15) is 5.26 Å². The number of nitrogens with zero attached hydrogens (tertiary/aromatic N) is 1. The molecule has 1 atom stereocenters. The number of hydrogen-bond acceptors (Lipinski definition) is 4. The summed E-state index contributed by atoms with van der Waals surface area (Å²) in [6.07, 6.45) is 0.461. The average Bonchev–Trinajstić information content (AvgIpc) is 2.74. The molecule has 0 radical (unpaired) electrons. The Hall–Kier alpha value is -2.78. The number of hydrogen-bond donors (Lipinski definition) is 2. The number of benzene rings is 3. The highest BCUT2D eigenvalue weighted by Crippen LogP contribution is 2.28. The van der Waals surface area contributed by atoms with Crippen LogP contribution in [0.3, 0.4) is 0 Å². The molecule has 148 valence electrons. The smallest absolute Gasteiger partial charge is 0.241 e. The van der Waals surface area contributed by atoms with Crippen molar-refractivity contribution in [2.45, 2.75) is 23.1 Å². The van der Waals surface area contributed by atoms with Gasteiger partial charge < -0.3 is 11.1 Å². The maximum Gasteiger partial charge on any atom is 0.241 e. The topological polar surface area (TPSA) is 78.9 Å². The Morgan fingerprint density at radius 3 is 2.24 bits per heavy atom. The van der Waals surface area contributed by atoms with Crippen molar-refractivity contribution in [3.05, 3.63) is 95.6 Å². The summed E-state index contributed by atoms with van der Waals surface area (Å²) in [7, 11) is 0. The summed E-state index contributed by atoms with van der Waals surface area (Å²) >= 11 is 1.60. The van der Waals surface area contributed by atoms with E-state index in [-0.39, 0.29) is 18.3 Å². The van der Waals surface area contributed by atoms with Crippen LogP contribution in [0.4, 0.5) is 5.69 Å². The van der Waals surface area contributed by atoms with Crippen molar-refractivity contribution < 1.29 is 4.79 Å². The second-order valence-electron chi connectivity index (χ2n) is 6.38. The first-order chi connectivity index (χ1) is 13.7. The first-order valence-electron chi connectivity index (χ1n) is 8.97. The average molecular weight is 424 g/mol.